The van der Waals surface area contributed by atoms with Crippen LogP contribution in [0.25, 0.3) is 0 Å². The number of carbonyl (C=O) groups excluding carboxylic acids is 3. The Morgan fingerprint density at radius 3 is 2.50 bits per heavy atom. The molecule has 4 aliphatic heterocycles. The van der Waals surface area contributed by atoms with E-state index in [9.17, 15) is 14.4 Å². The van der Waals surface area contributed by atoms with Crippen molar-refractivity contribution in [3.63, 3.8) is 0 Å². The zero-order valence-corrected chi connectivity index (χ0v) is 19.7. The van der Waals surface area contributed by atoms with Crippen molar-refractivity contribution in [3.05, 3.63) is 36.3 Å². The minimum atomic E-state index is -1.01. The molecule has 5 heterocycles. The lowest BCUT2D eigenvalue weighted by Gasteiger charge is -2.64. The quantitative estimate of drug-likeness (QED) is 0.457. The molecule has 2 saturated carbocycles. The molecule has 0 radical (unpaired) electrons. The van der Waals surface area contributed by atoms with E-state index in [1.807, 2.05) is 26.8 Å². The van der Waals surface area contributed by atoms with E-state index >= 15 is 0 Å². The average Bonchev–Trinajstić information content (AvgIpc) is 3.26. The van der Waals surface area contributed by atoms with E-state index in [1.54, 1.807) is 18.6 Å². The number of ether oxygens (including phenoxy) is 4. The van der Waals surface area contributed by atoms with Crippen LogP contribution in [0.5, 0.6) is 0 Å². The fraction of sp³-hybridized carbons (Fsp3) is 0.654. The first-order chi connectivity index (χ1) is 16.0. The SMILES string of the molecule is CC1(C)O[C@@H]2OC(=O)C=C[C@@]23[C@H]2CC[C@@]4(C)[C@H](c5ccoc5)OC(=O)[C@H]5O[C@]54[C@]2(C)C(=O)C[C@@H]13. The van der Waals surface area contributed by atoms with Crippen LogP contribution in [0.4, 0.5) is 0 Å². The van der Waals surface area contributed by atoms with Gasteiger partial charge in [-0.25, -0.2) is 9.59 Å². The summed E-state index contributed by atoms with van der Waals surface area (Å²) >= 11 is 0. The van der Waals surface area contributed by atoms with Crippen LogP contribution >= 0.6 is 0 Å². The van der Waals surface area contributed by atoms with Crippen molar-refractivity contribution in [2.45, 2.75) is 76.7 Å². The highest BCUT2D eigenvalue weighted by molar-refractivity contribution is 5.93. The largest absolute Gasteiger partial charge is 0.472 e. The molecular weight excluding hydrogens is 440 g/mol. The maximum atomic E-state index is 14.2. The van der Waals surface area contributed by atoms with Gasteiger partial charge in [0.05, 0.1) is 29.0 Å². The van der Waals surface area contributed by atoms with Crippen molar-refractivity contribution in [3.8, 4) is 0 Å². The van der Waals surface area contributed by atoms with Gasteiger partial charge in [0.25, 0.3) is 0 Å². The van der Waals surface area contributed by atoms with E-state index in [2.05, 4.69) is 6.92 Å². The first-order valence-corrected chi connectivity index (χ1v) is 12.0. The molecule has 0 N–H and O–H groups in total. The number of esters is 2. The molecular formula is C26H28O8. The Hall–Kier alpha value is -2.45. The smallest absolute Gasteiger partial charge is 0.339 e. The second-order valence-electron chi connectivity index (χ2n) is 11.8. The summed E-state index contributed by atoms with van der Waals surface area (Å²) in [5.41, 5.74) is -3.18. The number of hydrogen-bond acceptors (Lipinski definition) is 8. The standard InChI is InChI=1S/C26H28O8/c1-22(2)15-11-16(27)24(4)14(25(15)9-6-17(28)31-21(25)34-22)5-8-23(3)18(13-7-10-30-12-13)32-20(29)19-26(23,24)33-19/h6-7,9-10,12,14-15,18-19,21H,5,8,11H2,1-4H3/t14-,15-,18-,19+,21-,23-,24-,25-,26+/m0/s1. The van der Waals surface area contributed by atoms with Gasteiger partial charge < -0.3 is 23.4 Å². The number of cyclic esters (lactones) is 1. The molecule has 2 aliphatic carbocycles. The zero-order chi connectivity index (χ0) is 23.9. The Balaban J connectivity index is 1.43. The normalized spacial score (nSPS) is 51.9. The van der Waals surface area contributed by atoms with Crippen LogP contribution in [0.1, 0.15) is 58.6 Å². The van der Waals surface area contributed by atoms with Gasteiger partial charge >= 0.3 is 11.9 Å². The average molecular weight is 469 g/mol. The van der Waals surface area contributed by atoms with E-state index in [0.29, 0.717) is 12.8 Å². The Morgan fingerprint density at radius 1 is 0.971 bits per heavy atom. The minimum absolute atomic E-state index is 0.0739. The van der Waals surface area contributed by atoms with Crippen molar-refractivity contribution in [2.75, 3.05) is 0 Å². The van der Waals surface area contributed by atoms with Gasteiger partial charge in [0, 0.05) is 29.4 Å². The summed E-state index contributed by atoms with van der Waals surface area (Å²) in [5, 5.41) is 0. The highest BCUT2D eigenvalue weighted by Crippen LogP contribution is 2.79. The molecule has 1 aromatic rings. The van der Waals surface area contributed by atoms with E-state index in [4.69, 9.17) is 23.4 Å². The van der Waals surface area contributed by atoms with Crippen LogP contribution in [-0.4, -0.2) is 41.3 Å². The lowest BCUT2D eigenvalue weighted by Crippen LogP contribution is -2.71. The van der Waals surface area contributed by atoms with Gasteiger partial charge in [0.15, 0.2) is 6.10 Å². The van der Waals surface area contributed by atoms with Gasteiger partial charge in [-0.1, -0.05) is 13.0 Å². The maximum Gasteiger partial charge on any atom is 0.339 e. The van der Waals surface area contributed by atoms with Crippen LogP contribution in [0.3, 0.4) is 0 Å². The number of carbonyl (C=O) groups is 3. The second-order valence-corrected chi connectivity index (χ2v) is 11.8. The zero-order valence-electron chi connectivity index (χ0n) is 19.7. The Morgan fingerprint density at radius 2 is 1.76 bits per heavy atom. The molecule has 0 bridgehead atoms. The Kier molecular flexibility index (Phi) is 3.59. The summed E-state index contributed by atoms with van der Waals surface area (Å²) in [6.07, 6.45) is 6.02. The molecule has 0 aromatic carbocycles. The third-order valence-corrected chi connectivity index (χ3v) is 10.3. The van der Waals surface area contributed by atoms with E-state index in [-0.39, 0.29) is 24.0 Å². The van der Waals surface area contributed by atoms with Gasteiger partial charge in [0.1, 0.15) is 17.5 Å². The Bertz CT molecular complexity index is 1170. The lowest BCUT2D eigenvalue weighted by molar-refractivity contribution is -0.229. The highest BCUT2D eigenvalue weighted by atomic mass is 16.7. The fourth-order valence-electron chi connectivity index (χ4n) is 8.86. The number of furan rings is 1. The number of Topliss-reactive ketones (excluding diaryl/α,β-unsaturated/α-hetero) is 1. The van der Waals surface area contributed by atoms with Crippen molar-refractivity contribution in [1.29, 1.82) is 0 Å². The molecule has 1 aromatic heterocycles. The maximum absolute atomic E-state index is 14.2. The van der Waals surface area contributed by atoms with Crippen molar-refractivity contribution < 1.29 is 37.7 Å². The van der Waals surface area contributed by atoms with Crippen molar-refractivity contribution in [2.24, 2.45) is 28.1 Å². The monoisotopic (exact) mass is 468 g/mol. The van der Waals surface area contributed by atoms with Gasteiger partial charge in [-0.05, 0) is 45.6 Å². The molecule has 0 amide bonds. The van der Waals surface area contributed by atoms with Crippen LogP contribution in [0, 0.1) is 28.1 Å². The molecule has 8 heteroatoms. The topological polar surface area (TPSA) is 105 Å². The lowest BCUT2D eigenvalue weighted by atomic mass is 9.37. The summed E-state index contributed by atoms with van der Waals surface area (Å²) in [4.78, 5) is 39.5. The number of ketones is 1. The predicted molar refractivity (Wildman–Crippen MR) is 114 cm³/mol. The molecule has 7 rings (SSSR count). The molecule has 34 heavy (non-hydrogen) atoms. The van der Waals surface area contributed by atoms with Gasteiger partial charge in [0.2, 0.25) is 6.29 Å². The first kappa shape index (κ1) is 20.9. The van der Waals surface area contributed by atoms with Crippen LogP contribution in [-0.2, 0) is 33.3 Å². The third kappa shape index (κ3) is 1.97. The van der Waals surface area contributed by atoms with Gasteiger partial charge in [-0.2, -0.15) is 0 Å². The van der Waals surface area contributed by atoms with E-state index in [0.717, 1.165) is 5.56 Å². The van der Waals surface area contributed by atoms with E-state index in [1.165, 1.54) is 6.08 Å². The molecule has 2 spiro atoms. The molecule has 0 unspecified atom stereocenters. The summed E-state index contributed by atoms with van der Waals surface area (Å²) in [6, 6.07) is 1.80. The summed E-state index contributed by atoms with van der Waals surface area (Å²) in [5.74, 6) is -1.19. The van der Waals surface area contributed by atoms with Crippen LogP contribution in [0.15, 0.2) is 35.2 Å². The summed E-state index contributed by atoms with van der Waals surface area (Å²) in [7, 11) is 0. The Labute approximate surface area is 196 Å². The first-order valence-electron chi connectivity index (χ1n) is 12.0. The molecule has 5 fully saturated rings. The molecule has 8 nitrogen and oxygen atoms in total. The number of epoxide rings is 1. The number of rotatable bonds is 1. The second kappa shape index (κ2) is 5.85. The summed E-state index contributed by atoms with van der Waals surface area (Å²) < 4.78 is 29.6. The summed E-state index contributed by atoms with van der Waals surface area (Å²) in [6.45, 7) is 7.95. The highest BCUT2D eigenvalue weighted by Gasteiger charge is 2.89. The molecule has 3 saturated heterocycles. The molecule has 180 valence electrons. The van der Waals surface area contributed by atoms with Crippen LogP contribution in [0.2, 0.25) is 0 Å². The number of hydrogen-bond donors (Lipinski definition) is 0. The molecule has 6 aliphatic rings. The fourth-order valence-corrected chi connectivity index (χ4v) is 8.86. The third-order valence-electron chi connectivity index (χ3n) is 10.3. The van der Waals surface area contributed by atoms with Gasteiger partial charge in [-0.3, -0.25) is 4.79 Å². The minimum Gasteiger partial charge on any atom is -0.472 e. The van der Waals surface area contributed by atoms with Gasteiger partial charge in [-0.15, -0.1) is 0 Å². The molecule has 9 atom stereocenters. The van der Waals surface area contributed by atoms with Crippen molar-refractivity contribution >= 4 is 17.7 Å². The van der Waals surface area contributed by atoms with Crippen LogP contribution < -0.4 is 0 Å². The number of fused-ring (bicyclic) bond motifs is 1. The predicted octanol–water partition coefficient (Wildman–Crippen LogP) is 3.26. The van der Waals surface area contributed by atoms with Crippen molar-refractivity contribution in [1.82, 2.24) is 0 Å². The van der Waals surface area contributed by atoms with E-state index < -0.39 is 57.9 Å².